The number of phenols is 2. The van der Waals surface area contributed by atoms with Gasteiger partial charge in [0.15, 0.2) is 11.5 Å². The van der Waals surface area contributed by atoms with E-state index in [-0.39, 0.29) is 11.5 Å². The molecule has 6 N–H and O–H groups in total. The Hall–Kier alpha value is -1.68. The van der Waals surface area contributed by atoms with Crippen LogP contribution in [0.1, 0.15) is 5.56 Å². The third kappa shape index (κ3) is 1.29. The zero-order valence-electron chi connectivity index (χ0n) is 7.75. The summed E-state index contributed by atoms with van der Waals surface area (Å²) in [6.45, 7) is 0.814. The second kappa shape index (κ2) is 3.23. The van der Waals surface area contributed by atoms with Crippen molar-refractivity contribution in [2.75, 3.05) is 6.54 Å². The standard InChI is InChI=1S/C10H12N2O2/c11-2-1-6-5-12-8-4-10(14)9(13)3-7(6)8/h3-5,12-14H,1-2,11H2/p+1. The van der Waals surface area contributed by atoms with E-state index in [1.807, 2.05) is 6.20 Å². The van der Waals surface area contributed by atoms with Crippen LogP contribution in [0.25, 0.3) is 10.9 Å². The lowest BCUT2D eigenvalue weighted by Gasteiger charge is -1.98. The first-order valence-corrected chi connectivity index (χ1v) is 4.53. The molecule has 0 aliphatic carbocycles. The van der Waals surface area contributed by atoms with Crippen molar-refractivity contribution in [3.05, 3.63) is 23.9 Å². The van der Waals surface area contributed by atoms with Gasteiger partial charge in [0.05, 0.1) is 6.54 Å². The van der Waals surface area contributed by atoms with Crippen molar-refractivity contribution in [3.8, 4) is 11.5 Å². The van der Waals surface area contributed by atoms with Crippen molar-refractivity contribution in [2.45, 2.75) is 6.42 Å². The van der Waals surface area contributed by atoms with Crippen LogP contribution < -0.4 is 5.73 Å². The van der Waals surface area contributed by atoms with Gasteiger partial charge in [-0.2, -0.15) is 0 Å². The highest BCUT2D eigenvalue weighted by atomic mass is 16.3. The zero-order chi connectivity index (χ0) is 10.1. The van der Waals surface area contributed by atoms with Gasteiger partial charge in [0.25, 0.3) is 0 Å². The van der Waals surface area contributed by atoms with E-state index >= 15 is 0 Å². The van der Waals surface area contributed by atoms with Crippen molar-refractivity contribution in [1.29, 1.82) is 0 Å². The van der Waals surface area contributed by atoms with E-state index in [2.05, 4.69) is 10.7 Å². The first kappa shape index (κ1) is 8.90. The molecule has 1 aromatic heterocycles. The largest absolute Gasteiger partial charge is 0.504 e. The van der Waals surface area contributed by atoms with Gasteiger partial charge in [0, 0.05) is 29.6 Å². The molecule has 74 valence electrons. The summed E-state index contributed by atoms with van der Waals surface area (Å²) in [5, 5.41) is 19.6. The number of H-pyrrole nitrogens is 1. The fourth-order valence-electron chi connectivity index (χ4n) is 1.60. The summed E-state index contributed by atoms with van der Waals surface area (Å²) in [4.78, 5) is 3.04. The maximum absolute atomic E-state index is 9.35. The summed E-state index contributed by atoms with van der Waals surface area (Å²) in [6, 6.07) is 3.10. The van der Waals surface area contributed by atoms with Crippen LogP contribution in [-0.4, -0.2) is 21.7 Å². The molecule has 0 radical (unpaired) electrons. The average Bonchev–Trinajstić information content (AvgIpc) is 2.51. The smallest absolute Gasteiger partial charge is 0.159 e. The van der Waals surface area contributed by atoms with Gasteiger partial charge in [0.1, 0.15) is 0 Å². The Labute approximate surface area is 81.0 Å². The van der Waals surface area contributed by atoms with Gasteiger partial charge in [-0.05, 0) is 11.6 Å². The molecule has 0 amide bonds. The molecule has 0 bridgehead atoms. The second-order valence-electron chi connectivity index (χ2n) is 3.30. The normalized spacial score (nSPS) is 10.9. The molecule has 1 heterocycles. The van der Waals surface area contributed by atoms with E-state index < -0.39 is 0 Å². The highest BCUT2D eigenvalue weighted by Crippen LogP contribution is 2.31. The van der Waals surface area contributed by atoms with Gasteiger partial charge in [-0.25, -0.2) is 0 Å². The third-order valence-corrected chi connectivity index (χ3v) is 2.31. The van der Waals surface area contributed by atoms with Crippen LogP contribution in [0.2, 0.25) is 0 Å². The topological polar surface area (TPSA) is 83.9 Å². The molecule has 0 fully saturated rings. The van der Waals surface area contributed by atoms with Crippen LogP contribution in [0, 0.1) is 0 Å². The Kier molecular flexibility index (Phi) is 2.05. The highest BCUT2D eigenvalue weighted by molar-refractivity contribution is 5.86. The molecule has 2 aromatic rings. The lowest BCUT2D eigenvalue weighted by Crippen LogP contribution is -2.51. The fourth-order valence-corrected chi connectivity index (χ4v) is 1.60. The van der Waals surface area contributed by atoms with Crippen molar-refractivity contribution >= 4 is 10.9 Å². The van der Waals surface area contributed by atoms with E-state index in [0.717, 1.165) is 29.4 Å². The number of aromatic amines is 1. The number of rotatable bonds is 2. The molecule has 14 heavy (non-hydrogen) atoms. The molecular weight excluding hydrogens is 180 g/mol. The summed E-state index contributed by atoms with van der Waals surface area (Å²) in [7, 11) is 0. The molecule has 0 atom stereocenters. The van der Waals surface area contributed by atoms with Gasteiger partial charge < -0.3 is 20.9 Å². The number of aromatic nitrogens is 1. The number of phenolic OH excluding ortho intramolecular Hbond substituents is 2. The SMILES string of the molecule is [NH3+]CCc1c[nH]c2cc(O)c(O)cc12. The van der Waals surface area contributed by atoms with Crippen molar-refractivity contribution < 1.29 is 15.9 Å². The molecule has 0 unspecified atom stereocenters. The van der Waals surface area contributed by atoms with E-state index in [4.69, 9.17) is 0 Å². The van der Waals surface area contributed by atoms with Crippen molar-refractivity contribution in [3.63, 3.8) is 0 Å². The van der Waals surface area contributed by atoms with Crippen LogP contribution >= 0.6 is 0 Å². The van der Waals surface area contributed by atoms with Crippen molar-refractivity contribution in [1.82, 2.24) is 4.98 Å². The molecule has 4 heteroatoms. The van der Waals surface area contributed by atoms with Crippen LogP contribution in [0.4, 0.5) is 0 Å². The van der Waals surface area contributed by atoms with Gasteiger partial charge in [0.2, 0.25) is 0 Å². The first-order chi connectivity index (χ1) is 6.72. The zero-order valence-corrected chi connectivity index (χ0v) is 7.75. The van der Waals surface area contributed by atoms with Gasteiger partial charge in [-0.15, -0.1) is 0 Å². The Morgan fingerprint density at radius 3 is 2.64 bits per heavy atom. The van der Waals surface area contributed by atoms with Gasteiger partial charge in [-0.3, -0.25) is 0 Å². The Bertz CT molecular complexity index is 462. The fraction of sp³-hybridized carbons (Fsp3) is 0.200. The van der Waals surface area contributed by atoms with Gasteiger partial charge in [-0.1, -0.05) is 0 Å². The van der Waals surface area contributed by atoms with Crippen molar-refractivity contribution in [2.24, 2.45) is 0 Å². The molecule has 0 saturated heterocycles. The summed E-state index contributed by atoms with van der Waals surface area (Å²) in [5.74, 6) is -0.178. The summed E-state index contributed by atoms with van der Waals surface area (Å²) in [5.41, 5.74) is 5.73. The molecule has 1 aromatic carbocycles. The molecule has 2 rings (SSSR count). The predicted molar refractivity (Wildman–Crippen MR) is 53.1 cm³/mol. The minimum Gasteiger partial charge on any atom is -0.504 e. The van der Waals surface area contributed by atoms with Crippen LogP contribution in [0.3, 0.4) is 0 Å². The maximum atomic E-state index is 9.35. The predicted octanol–water partition coefficient (Wildman–Crippen LogP) is 0.364. The monoisotopic (exact) mass is 193 g/mol. The number of nitrogens with one attached hydrogen (secondary N) is 1. The van der Waals surface area contributed by atoms with E-state index in [9.17, 15) is 10.2 Å². The van der Waals surface area contributed by atoms with E-state index in [0.29, 0.717) is 0 Å². The van der Waals surface area contributed by atoms with E-state index in [1.165, 1.54) is 6.07 Å². The van der Waals surface area contributed by atoms with Gasteiger partial charge >= 0.3 is 0 Å². The minimum absolute atomic E-state index is 0.0811. The first-order valence-electron chi connectivity index (χ1n) is 4.53. The number of hydrogen-bond donors (Lipinski definition) is 4. The summed E-state index contributed by atoms with van der Waals surface area (Å²) in [6.07, 6.45) is 2.75. The summed E-state index contributed by atoms with van der Waals surface area (Å²) >= 11 is 0. The molecular formula is C10H13N2O2+. The Morgan fingerprint density at radius 2 is 1.93 bits per heavy atom. The summed E-state index contributed by atoms with van der Waals surface area (Å²) < 4.78 is 0. The number of hydrogen-bond acceptors (Lipinski definition) is 2. The minimum atomic E-state index is -0.0967. The van der Waals surface area contributed by atoms with E-state index in [1.54, 1.807) is 6.07 Å². The lowest BCUT2D eigenvalue weighted by atomic mass is 10.1. The molecule has 4 nitrogen and oxygen atoms in total. The molecule has 0 aliphatic heterocycles. The van der Waals surface area contributed by atoms with Crippen LogP contribution in [-0.2, 0) is 6.42 Å². The van der Waals surface area contributed by atoms with Crippen LogP contribution in [0.5, 0.6) is 11.5 Å². The number of aromatic hydroxyl groups is 2. The van der Waals surface area contributed by atoms with Crippen LogP contribution in [0.15, 0.2) is 18.3 Å². The molecule has 0 saturated carbocycles. The Morgan fingerprint density at radius 1 is 1.21 bits per heavy atom. The lowest BCUT2D eigenvalue weighted by molar-refractivity contribution is -0.366. The number of fused-ring (bicyclic) bond motifs is 1. The molecule has 0 spiro atoms. The third-order valence-electron chi connectivity index (χ3n) is 2.31. The molecule has 0 aliphatic rings. The Balaban J connectivity index is 2.61. The number of quaternary nitrogens is 1. The number of benzene rings is 1. The average molecular weight is 193 g/mol. The quantitative estimate of drug-likeness (QED) is 0.519. The second-order valence-corrected chi connectivity index (χ2v) is 3.30. The maximum Gasteiger partial charge on any atom is 0.159 e. The highest BCUT2D eigenvalue weighted by Gasteiger charge is 2.07.